The monoisotopic (exact) mass is 543 g/mol. The van der Waals surface area contributed by atoms with Crippen LogP contribution in [0, 0.1) is 0 Å². The fraction of sp³-hybridized carbons (Fsp3) is 0.259. The molecular weight excluding hydrogens is 518 g/mol. The highest BCUT2D eigenvalue weighted by Gasteiger charge is 2.42. The number of ether oxygens (including phenoxy) is 2. The Hall–Kier alpha value is -3.56. The molecule has 0 bridgehead atoms. The quantitative estimate of drug-likeness (QED) is 0.436. The number of benzene rings is 3. The van der Waals surface area contributed by atoms with E-state index in [1.165, 1.54) is 36.3 Å². The molecule has 1 saturated heterocycles. The van der Waals surface area contributed by atoms with Crippen LogP contribution in [0.2, 0.25) is 5.02 Å². The zero-order chi connectivity index (χ0) is 26.7. The van der Waals surface area contributed by atoms with Crippen LogP contribution in [0.3, 0.4) is 0 Å². The van der Waals surface area contributed by atoms with E-state index in [9.17, 15) is 23.1 Å². The first kappa shape index (κ1) is 26.5. The summed E-state index contributed by atoms with van der Waals surface area (Å²) in [5.74, 6) is -0.847. The molecule has 0 spiro atoms. The zero-order valence-corrected chi connectivity index (χ0v) is 21.8. The van der Waals surface area contributed by atoms with Gasteiger partial charge in [0.05, 0.1) is 18.0 Å². The summed E-state index contributed by atoms with van der Waals surface area (Å²) in [6.45, 7) is 0.120. The van der Waals surface area contributed by atoms with E-state index in [1.807, 2.05) is 0 Å². The summed E-state index contributed by atoms with van der Waals surface area (Å²) in [7, 11) is -1.85. The molecule has 194 valence electrons. The lowest BCUT2D eigenvalue weighted by Gasteiger charge is -2.29. The maximum atomic E-state index is 13.7. The second-order valence-electron chi connectivity index (χ2n) is 8.78. The normalized spacial score (nSPS) is 17.4. The van der Waals surface area contributed by atoms with Gasteiger partial charge in [-0.05, 0) is 54.3 Å². The minimum atomic E-state index is -3.31. The summed E-state index contributed by atoms with van der Waals surface area (Å²) in [5, 5.41) is 10.3. The van der Waals surface area contributed by atoms with Crippen LogP contribution in [0.25, 0.3) is 0 Å². The molecule has 1 heterocycles. The molecule has 3 aromatic carbocycles. The van der Waals surface area contributed by atoms with Crippen LogP contribution in [0.5, 0.6) is 11.5 Å². The van der Waals surface area contributed by atoms with Crippen molar-refractivity contribution >= 4 is 33.3 Å². The average Bonchev–Trinajstić information content (AvgIpc) is 3.32. The lowest BCUT2D eigenvalue weighted by Crippen LogP contribution is -2.41. The number of methoxy groups -OCH3 is 1. The lowest BCUT2D eigenvalue weighted by molar-refractivity contribution is -0.141. The largest absolute Gasteiger partial charge is 0.497 e. The standard InChI is InChI=1S/C27H26ClNO7S/c1-35-19-13-18(14-20(15-19)36-16-17-7-9-21(10-8-17)37(2,33)34)26(30)29-24(11-12-25(29)27(31)32)22-5-3-4-6-23(22)28/h3-10,13-15,24-25H,11-12,16H2,1-2H3,(H,31,32)/t24?,25-/m0/s1. The number of carbonyl (C=O) groups excluding carboxylic acids is 1. The predicted octanol–water partition coefficient (Wildman–Crippen LogP) is 4.76. The number of nitrogens with zero attached hydrogens (tertiary/aromatic N) is 1. The maximum absolute atomic E-state index is 13.7. The molecule has 0 aromatic heterocycles. The number of aliphatic carboxylic acids is 1. The van der Waals surface area contributed by atoms with Crippen molar-refractivity contribution in [3.63, 3.8) is 0 Å². The molecule has 4 rings (SSSR count). The lowest BCUT2D eigenvalue weighted by atomic mass is 10.0. The third-order valence-corrected chi connectivity index (χ3v) is 7.76. The van der Waals surface area contributed by atoms with E-state index in [0.717, 1.165) is 11.8 Å². The minimum absolute atomic E-state index is 0.120. The van der Waals surface area contributed by atoms with Crippen LogP contribution < -0.4 is 9.47 Å². The van der Waals surface area contributed by atoms with Gasteiger partial charge in [0, 0.05) is 22.9 Å². The van der Waals surface area contributed by atoms with Crippen molar-refractivity contribution in [3.8, 4) is 11.5 Å². The first-order valence-electron chi connectivity index (χ1n) is 11.5. The molecule has 3 aromatic rings. The van der Waals surface area contributed by atoms with Gasteiger partial charge in [0.15, 0.2) is 9.84 Å². The fourth-order valence-electron chi connectivity index (χ4n) is 4.43. The number of halogens is 1. The first-order valence-corrected chi connectivity index (χ1v) is 13.8. The van der Waals surface area contributed by atoms with Gasteiger partial charge in [-0.1, -0.05) is 41.9 Å². The number of likely N-dealkylation sites (tertiary alicyclic amines) is 1. The summed E-state index contributed by atoms with van der Waals surface area (Å²) in [4.78, 5) is 27.3. The molecule has 1 aliphatic heterocycles. The highest BCUT2D eigenvalue weighted by atomic mass is 35.5. The van der Waals surface area contributed by atoms with Gasteiger partial charge < -0.3 is 19.5 Å². The van der Waals surface area contributed by atoms with E-state index in [0.29, 0.717) is 34.9 Å². The molecule has 10 heteroatoms. The van der Waals surface area contributed by atoms with Gasteiger partial charge in [-0.15, -0.1) is 0 Å². The number of carboxylic acids is 1. The van der Waals surface area contributed by atoms with Gasteiger partial charge in [0.1, 0.15) is 24.1 Å². The van der Waals surface area contributed by atoms with Gasteiger partial charge in [-0.2, -0.15) is 0 Å². The Morgan fingerprint density at radius 1 is 1.03 bits per heavy atom. The average molecular weight is 544 g/mol. The number of carbonyl (C=O) groups is 2. The third kappa shape index (κ3) is 5.89. The first-order chi connectivity index (χ1) is 17.6. The summed E-state index contributed by atoms with van der Waals surface area (Å²) in [5.41, 5.74) is 1.64. The van der Waals surface area contributed by atoms with Crippen molar-refractivity contribution in [1.82, 2.24) is 4.90 Å². The zero-order valence-electron chi connectivity index (χ0n) is 20.3. The molecule has 1 fully saturated rings. The Morgan fingerprint density at radius 3 is 2.32 bits per heavy atom. The van der Waals surface area contributed by atoms with Crippen LogP contribution >= 0.6 is 11.6 Å². The Kier molecular flexibility index (Phi) is 7.75. The number of sulfone groups is 1. The summed E-state index contributed by atoms with van der Waals surface area (Å²) in [6.07, 6.45) is 1.90. The minimum Gasteiger partial charge on any atom is -0.497 e. The third-order valence-electron chi connectivity index (χ3n) is 6.29. The van der Waals surface area contributed by atoms with E-state index in [2.05, 4.69) is 0 Å². The van der Waals surface area contributed by atoms with Crippen molar-refractivity contribution in [3.05, 3.63) is 88.4 Å². The molecule has 0 radical (unpaired) electrons. The molecule has 1 unspecified atom stereocenters. The van der Waals surface area contributed by atoms with E-state index in [1.54, 1.807) is 42.5 Å². The number of hydrogen-bond acceptors (Lipinski definition) is 6. The predicted molar refractivity (Wildman–Crippen MR) is 138 cm³/mol. The Labute approximate surface area is 220 Å². The van der Waals surface area contributed by atoms with Crippen LogP contribution in [0.4, 0.5) is 0 Å². The second-order valence-corrected chi connectivity index (χ2v) is 11.2. The van der Waals surface area contributed by atoms with Crippen molar-refractivity contribution in [2.24, 2.45) is 0 Å². The van der Waals surface area contributed by atoms with Gasteiger partial charge in [0.2, 0.25) is 0 Å². The highest BCUT2D eigenvalue weighted by molar-refractivity contribution is 7.90. The van der Waals surface area contributed by atoms with E-state index < -0.39 is 33.8 Å². The van der Waals surface area contributed by atoms with Crippen LogP contribution in [-0.4, -0.2) is 49.7 Å². The highest BCUT2D eigenvalue weighted by Crippen LogP contribution is 2.40. The molecular formula is C27H26ClNO7S. The Morgan fingerprint density at radius 2 is 1.70 bits per heavy atom. The summed E-state index contributed by atoms with van der Waals surface area (Å²) >= 11 is 6.40. The fourth-order valence-corrected chi connectivity index (χ4v) is 5.32. The smallest absolute Gasteiger partial charge is 0.326 e. The van der Waals surface area contributed by atoms with E-state index >= 15 is 0 Å². The number of rotatable bonds is 8. The van der Waals surface area contributed by atoms with Crippen molar-refractivity contribution in [2.75, 3.05) is 13.4 Å². The molecule has 0 saturated carbocycles. The van der Waals surface area contributed by atoms with Crippen LogP contribution in [-0.2, 0) is 21.2 Å². The summed E-state index contributed by atoms with van der Waals surface area (Å²) < 4.78 is 34.6. The van der Waals surface area contributed by atoms with E-state index in [-0.39, 0.29) is 17.1 Å². The second kappa shape index (κ2) is 10.8. The Balaban J connectivity index is 1.62. The SMILES string of the molecule is COc1cc(OCc2ccc(S(C)(=O)=O)cc2)cc(C(=O)N2C(c3ccccc3Cl)CC[C@H]2C(=O)O)c1. The van der Waals surface area contributed by atoms with Gasteiger partial charge in [-0.25, -0.2) is 13.2 Å². The van der Waals surface area contributed by atoms with Gasteiger partial charge in [-0.3, -0.25) is 4.79 Å². The number of amides is 1. The van der Waals surface area contributed by atoms with Crippen LogP contribution in [0.1, 0.15) is 40.4 Å². The molecule has 2 atom stereocenters. The van der Waals surface area contributed by atoms with E-state index in [4.69, 9.17) is 21.1 Å². The van der Waals surface area contributed by atoms with Gasteiger partial charge in [0.25, 0.3) is 5.91 Å². The molecule has 8 nitrogen and oxygen atoms in total. The number of carboxylic acid groups (broad SMARTS) is 1. The van der Waals surface area contributed by atoms with Gasteiger partial charge >= 0.3 is 5.97 Å². The molecule has 1 aliphatic rings. The molecule has 1 N–H and O–H groups in total. The molecule has 0 aliphatic carbocycles. The maximum Gasteiger partial charge on any atom is 0.326 e. The van der Waals surface area contributed by atoms with Crippen molar-refractivity contribution < 1.29 is 32.6 Å². The van der Waals surface area contributed by atoms with Crippen LogP contribution in [0.15, 0.2) is 71.6 Å². The number of hydrogen-bond donors (Lipinski definition) is 1. The molecule has 37 heavy (non-hydrogen) atoms. The summed E-state index contributed by atoms with van der Waals surface area (Å²) in [6, 6.07) is 16.6. The topological polar surface area (TPSA) is 110 Å². The Bertz CT molecular complexity index is 1420. The van der Waals surface area contributed by atoms with Crippen molar-refractivity contribution in [2.45, 2.75) is 36.4 Å². The van der Waals surface area contributed by atoms with Crippen molar-refractivity contribution in [1.29, 1.82) is 0 Å². The molecule has 1 amide bonds.